The largest absolute Gasteiger partial charge is 0.320 e. The number of fused-ring (bicyclic) bond motifs is 1. The molecule has 1 atom stereocenters. The quantitative estimate of drug-likeness (QED) is 0.404. The molecular weight excluding hydrogens is 491 g/mol. The summed E-state index contributed by atoms with van der Waals surface area (Å²) in [5.74, 6) is 0.371. The molecule has 0 unspecified atom stereocenters. The maximum absolute atomic E-state index is 14.1. The van der Waals surface area contributed by atoms with Gasteiger partial charge in [0.25, 0.3) is 12.3 Å². The number of hydrogen-bond acceptors (Lipinski definition) is 4. The van der Waals surface area contributed by atoms with Gasteiger partial charge in [0.2, 0.25) is 0 Å². The minimum atomic E-state index is -2.67. The molecule has 0 bridgehead atoms. The van der Waals surface area contributed by atoms with E-state index in [9.17, 15) is 18.0 Å². The van der Waals surface area contributed by atoms with Crippen LogP contribution in [0.25, 0.3) is 0 Å². The van der Waals surface area contributed by atoms with E-state index in [1.54, 1.807) is 23.4 Å². The Morgan fingerprint density at radius 1 is 1.18 bits per heavy atom. The summed E-state index contributed by atoms with van der Waals surface area (Å²) in [6.07, 6.45) is 2.31. The van der Waals surface area contributed by atoms with Crippen LogP contribution >= 0.6 is 0 Å². The Morgan fingerprint density at radius 2 is 1.97 bits per heavy atom. The Balaban J connectivity index is 1.31. The molecule has 2 fully saturated rings. The van der Waals surface area contributed by atoms with Crippen LogP contribution in [0.1, 0.15) is 89.8 Å². The second-order valence-corrected chi connectivity index (χ2v) is 11.4. The zero-order valence-corrected chi connectivity index (χ0v) is 21.6. The molecule has 200 valence electrons. The van der Waals surface area contributed by atoms with Crippen molar-refractivity contribution < 1.29 is 18.0 Å². The monoisotopic (exact) mass is 523 g/mol. The highest BCUT2D eigenvalue weighted by Gasteiger charge is 2.40. The number of rotatable bonds is 8. The summed E-state index contributed by atoms with van der Waals surface area (Å²) in [5, 5.41) is 11.8. The molecule has 2 saturated carbocycles. The summed E-state index contributed by atoms with van der Waals surface area (Å²) < 4.78 is 44.0. The van der Waals surface area contributed by atoms with Gasteiger partial charge in [-0.25, -0.2) is 13.2 Å². The Bertz CT molecular complexity index is 1360. The first-order valence-electron chi connectivity index (χ1n) is 13.3. The van der Waals surface area contributed by atoms with Crippen LogP contribution in [0.4, 0.5) is 18.9 Å². The first-order valence-corrected chi connectivity index (χ1v) is 13.3. The molecule has 2 aromatic carbocycles. The minimum Gasteiger partial charge on any atom is -0.320 e. The van der Waals surface area contributed by atoms with Gasteiger partial charge in [0.05, 0.1) is 6.54 Å². The van der Waals surface area contributed by atoms with Gasteiger partial charge in [0.1, 0.15) is 18.3 Å². The lowest BCUT2D eigenvalue weighted by molar-refractivity contribution is 0.0996. The van der Waals surface area contributed by atoms with E-state index in [0.29, 0.717) is 41.8 Å². The Morgan fingerprint density at radius 3 is 2.61 bits per heavy atom. The number of hydrogen-bond donors (Lipinski definition) is 1. The van der Waals surface area contributed by atoms with E-state index in [2.05, 4.69) is 22.4 Å². The van der Waals surface area contributed by atoms with E-state index in [4.69, 9.17) is 0 Å². The van der Waals surface area contributed by atoms with E-state index in [0.717, 1.165) is 30.7 Å². The molecule has 2 aliphatic carbocycles. The van der Waals surface area contributed by atoms with Crippen molar-refractivity contribution in [2.45, 2.75) is 76.2 Å². The number of anilines is 1. The number of aromatic nitrogens is 3. The fourth-order valence-corrected chi connectivity index (χ4v) is 6.16. The third kappa shape index (κ3) is 4.40. The van der Waals surface area contributed by atoms with Gasteiger partial charge >= 0.3 is 0 Å². The van der Waals surface area contributed by atoms with Crippen LogP contribution in [-0.2, 0) is 20.1 Å². The maximum Gasteiger partial charge on any atom is 0.264 e. The standard InChI is InChI=1S/C29H32F3N5O/c1-29(7-4-8-29)33-14-17-9-22(26(31)32)24-15-37(28(38)23(24)10-17)21-6-3-5-18(13-21)25(19-11-20(30)12-19)27-35-34-16-36(27)2/h3,5-6,9-10,13,16,19-20,25-26,33H,4,7-8,11-12,14-15H2,1-2H3/t19?,20?,25-/m1/s1. The molecule has 1 amide bonds. The van der Waals surface area contributed by atoms with Crippen LogP contribution in [0.5, 0.6) is 0 Å². The normalized spacial score (nSPS) is 22.8. The van der Waals surface area contributed by atoms with Crippen molar-refractivity contribution in [3.63, 3.8) is 0 Å². The second kappa shape index (κ2) is 9.52. The van der Waals surface area contributed by atoms with Gasteiger partial charge in [0.15, 0.2) is 0 Å². The van der Waals surface area contributed by atoms with E-state index in [1.807, 2.05) is 35.9 Å². The summed E-state index contributed by atoms with van der Waals surface area (Å²) in [6.45, 7) is 2.68. The Hall–Kier alpha value is -3.20. The van der Waals surface area contributed by atoms with E-state index in [1.165, 1.54) is 0 Å². The SMILES string of the molecule is Cn1cnnc1[C@H](c1cccc(N2Cc3c(cc(CNC4(C)CCC4)cc3C(F)F)C2=O)c1)C1CC(F)C1. The number of nitrogens with one attached hydrogen (secondary N) is 1. The van der Waals surface area contributed by atoms with Gasteiger partial charge in [-0.1, -0.05) is 12.1 Å². The van der Waals surface area contributed by atoms with Gasteiger partial charge in [-0.05, 0) is 85.9 Å². The smallest absolute Gasteiger partial charge is 0.264 e. The average Bonchev–Trinajstić information content (AvgIpc) is 3.43. The van der Waals surface area contributed by atoms with Crippen molar-refractivity contribution in [1.29, 1.82) is 0 Å². The summed E-state index contributed by atoms with van der Waals surface area (Å²) >= 11 is 0. The summed E-state index contributed by atoms with van der Waals surface area (Å²) in [4.78, 5) is 15.2. The molecule has 0 radical (unpaired) electrons. The molecule has 38 heavy (non-hydrogen) atoms. The first-order chi connectivity index (χ1) is 18.2. The lowest BCUT2D eigenvalue weighted by Gasteiger charge is -2.39. The van der Waals surface area contributed by atoms with E-state index in [-0.39, 0.29) is 35.4 Å². The molecule has 6 nitrogen and oxygen atoms in total. The Labute approximate surface area is 220 Å². The summed E-state index contributed by atoms with van der Waals surface area (Å²) in [7, 11) is 1.86. The molecule has 6 rings (SSSR count). The molecule has 0 saturated heterocycles. The number of carbonyl (C=O) groups excluding carboxylic acids is 1. The highest BCUT2D eigenvalue weighted by Crippen LogP contribution is 2.45. The van der Waals surface area contributed by atoms with Crippen LogP contribution < -0.4 is 10.2 Å². The lowest BCUT2D eigenvalue weighted by Crippen LogP contribution is -2.47. The van der Waals surface area contributed by atoms with Crippen molar-refractivity contribution in [2.24, 2.45) is 13.0 Å². The van der Waals surface area contributed by atoms with E-state index < -0.39 is 12.6 Å². The fourth-order valence-electron chi connectivity index (χ4n) is 6.16. The first kappa shape index (κ1) is 25.1. The number of amides is 1. The van der Waals surface area contributed by atoms with Crippen LogP contribution in [0, 0.1) is 5.92 Å². The van der Waals surface area contributed by atoms with E-state index >= 15 is 0 Å². The molecule has 3 aliphatic rings. The molecular formula is C29H32F3N5O. The minimum absolute atomic E-state index is 0.0301. The van der Waals surface area contributed by atoms with Crippen LogP contribution in [0.15, 0.2) is 42.7 Å². The maximum atomic E-state index is 14.1. The highest BCUT2D eigenvalue weighted by molar-refractivity contribution is 6.10. The molecule has 0 spiro atoms. The van der Waals surface area contributed by atoms with Crippen LogP contribution in [0.3, 0.4) is 0 Å². The summed E-state index contributed by atoms with van der Waals surface area (Å²) in [6, 6.07) is 10.9. The van der Waals surface area contributed by atoms with Crippen molar-refractivity contribution in [2.75, 3.05) is 4.90 Å². The number of carbonyl (C=O) groups is 1. The van der Waals surface area contributed by atoms with Crippen molar-refractivity contribution >= 4 is 11.6 Å². The number of alkyl halides is 3. The zero-order valence-electron chi connectivity index (χ0n) is 21.6. The second-order valence-electron chi connectivity index (χ2n) is 11.4. The molecule has 1 N–H and O–H groups in total. The average molecular weight is 524 g/mol. The lowest BCUT2D eigenvalue weighted by atomic mass is 9.71. The fraction of sp³-hybridized carbons (Fsp3) is 0.483. The molecule has 9 heteroatoms. The number of aryl methyl sites for hydroxylation is 1. The van der Waals surface area contributed by atoms with Gasteiger partial charge in [0, 0.05) is 41.9 Å². The van der Waals surface area contributed by atoms with Gasteiger partial charge in [-0.3, -0.25) is 4.79 Å². The number of nitrogens with zero attached hydrogens (tertiary/aromatic N) is 4. The predicted molar refractivity (Wildman–Crippen MR) is 138 cm³/mol. The third-order valence-corrected chi connectivity index (χ3v) is 8.70. The predicted octanol–water partition coefficient (Wildman–Crippen LogP) is 5.83. The van der Waals surface area contributed by atoms with Gasteiger partial charge in [-0.15, -0.1) is 10.2 Å². The summed E-state index contributed by atoms with van der Waals surface area (Å²) in [5.41, 5.74) is 2.92. The molecule has 3 aromatic rings. The zero-order chi connectivity index (χ0) is 26.6. The molecule has 2 heterocycles. The third-order valence-electron chi connectivity index (χ3n) is 8.70. The molecule has 1 aliphatic heterocycles. The van der Waals surface area contributed by atoms with Crippen LogP contribution in [-0.4, -0.2) is 32.4 Å². The number of benzene rings is 2. The van der Waals surface area contributed by atoms with Gasteiger partial charge < -0.3 is 14.8 Å². The van der Waals surface area contributed by atoms with Crippen LogP contribution in [0.2, 0.25) is 0 Å². The van der Waals surface area contributed by atoms with Crippen molar-refractivity contribution in [3.05, 3.63) is 76.4 Å². The molecule has 1 aromatic heterocycles. The Kier molecular flexibility index (Phi) is 6.29. The van der Waals surface area contributed by atoms with Crippen molar-refractivity contribution in [3.8, 4) is 0 Å². The highest BCUT2D eigenvalue weighted by atomic mass is 19.3. The number of halogens is 3. The topological polar surface area (TPSA) is 63.1 Å². The van der Waals surface area contributed by atoms with Gasteiger partial charge in [-0.2, -0.15) is 0 Å². The van der Waals surface area contributed by atoms with Crippen molar-refractivity contribution in [1.82, 2.24) is 20.1 Å².